The zero-order chi connectivity index (χ0) is 22.9. The fraction of sp³-hybridized carbons (Fsp3) is 0.115. The number of ketones is 1. The van der Waals surface area contributed by atoms with Crippen LogP contribution in [0.3, 0.4) is 0 Å². The molecule has 33 heavy (non-hydrogen) atoms. The normalized spacial score (nSPS) is 11.7. The van der Waals surface area contributed by atoms with E-state index in [1.807, 2.05) is 54.6 Å². The summed E-state index contributed by atoms with van der Waals surface area (Å²) in [5.41, 5.74) is 6.22. The molecule has 0 bridgehead atoms. The average molecular weight is 502 g/mol. The monoisotopic (exact) mass is 501 g/mol. The van der Waals surface area contributed by atoms with Crippen molar-refractivity contribution >= 4 is 27.4 Å². The van der Waals surface area contributed by atoms with Gasteiger partial charge in [-0.05, 0) is 51.8 Å². The number of nitrogens with zero attached hydrogens (tertiary/aromatic N) is 2. The Hall–Kier alpha value is -3.71. The lowest BCUT2D eigenvalue weighted by atomic mass is 10.1. The van der Waals surface area contributed by atoms with Gasteiger partial charge in [-0.15, -0.1) is 0 Å². The van der Waals surface area contributed by atoms with E-state index in [0.29, 0.717) is 34.9 Å². The van der Waals surface area contributed by atoms with Crippen LogP contribution in [0.4, 0.5) is 5.69 Å². The number of anilines is 1. The summed E-state index contributed by atoms with van der Waals surface area (Å²) < 4.78 is 11.7. The van der Waals surface area contributed by atoms with Gasteiger partial charge in [0.2, 0.25) is 0 Å². The van der Waals surface area contributed by atoms with Crippen LogP contribution in [0.1, 0.15) is 21.5 Å². The minimum atomic E-state index is -0.0228. The molecule has 164 valence electrons. The molecule has 1 aliphatic carbocycles. The lowest BCUT2D eigenvalue weighted by Gasteiger charge is -2.15. The second kappa shape index (κ2) is 8.67. The number of halogens is 1. The Morgan fingerprint density at radius 3 is 2.45 bits per heavy atom. The van der Waals surface area contributed by atoms with Crippen molar-refractivity contribution in [3.05, 3.63) is 88.2 Å². The number of carbonyl (C=O) groups is 1. The highest BCUT2D eigenvalue weighted by Crippen LogP contribution is 2.41. The first kappa shape index (κ1) is 21.2. The van der Waals surface area contributed by atoms with E-state index in [2.05, 4.69) is 26.2 Å². The van der Waals surface area contributed by atoms with Crippen LogP contribution in [-0.4, -0.2) is 30.0 Å². The van der Waals surface area contributed by atoms with Crippen LogP contribution in [0.5, 0.6) is 11.5 Å². The number of fused-ring (bicyclic) bond motifs is 3. The quantitative estimate of drug-likeness (QED) is 0.319. The molecule has 0 spiro atoms. The van der Waals surface area contributed by atoms with Gasteiger partial charge in [-0.2, -0.15) is 0 Å². The van der Waals surface area contributed by atoms with Crippen molar-refractivity contribution in [2.75, 3.05) is 19.5 Å². The third-order valence-electron chi connectivity index (χ3n) is 5.63. The van der Waals surface area contributed by atoms with Crippen molar-refractivity contribution in [1.82, 2.24) is 9.97 Å². The molecule has 1 N–H and O–H groups in total. The zero-order valence-corrected chi connectivity index (χ0v) is 19.6. The number of ether oxygens (including phenoxy) is 2. The Labute approximate surface area is 199 Å². The minimum Gasteiger partial charge on any atom is -0.493 e. The summed E-state index contributed by atoms with van der Waals surface area (Å²) in [7, 11) is 3.21. The van der Waals surface area contributed by atoms with E-state index in [4.69, 9.17) is 14.5 Å². The molecule has 0 amide bonds. The number of hydrogen-bond donors (Lipinski definition) is 1. The molecule has 0 atom stereocenters. The third-order valence-corrected chi connectivity index (χ3v) is 6.21. The van der Waals surface area contributed by atoms with Gasteiger partial charge < -0.3 is 14.8 Å². The number of hydrogen-bond acceptors (Lipinski definition) is 6. The summed E-state index contributed by atoms with van der Waals surface area (Å²) in [6, 6.07) is 17.2. The second-order valence-corrected chi connectivity index (χ2v) is 8.41. The van der Waals surface area contributed by atoms with E-state index in [9.17, 15) is 4.79 Å². The van der Waals surface area contributed by atoms with Gasteiger partial charge in [0.15, 0.2) is 17.3 Å². The molecule has 2 aromatic heterocycles. The molecule has 4 aromatic rings. The molecule has 6 nitrogen and oxygen atoms in total. The largest absolute Gasteiger partial charge is 0.493 e. The molecule has 7 heteroatoms. The number of methoxy groups -OCH3 is 2. The first-order valence-corrected chi connectivity index (χ1v) is 11.1. The average Bonchev–Trinajstić information content (AvgIpc) is 3.15. The van der Waals surface area contributed by atoms with E-state index in [-0.39, 0.29) is 5.78 Å². The molecule has 0 saturated heterocycles. The maximum atomic E-state index is 13.3. The first-order valence-electron chi connectivity index (χ1n) is 10.3. The molecule has 2 aromatic carbocycles. The summed E-state index contributed by atoms with van der Waals surface area (Å²) in [5.74, 6) is 1.24. The number of rotatable bonds is 6. The number of aromatic nitrogens is 2. The fourth-order valence-electron chi connectivity index (χ4n) is 4.07. The van der Waals surface area contributed by atoms with Gasteiger partial charge in [-0.3, -0.25) is 9.78 Å². The second-order valence-electron chi connectivity index (χ2n) is 7.56. The standard InChI is InChI=1S/C26H20BrN3O3/c1-32-22-12-15(11-19(27)26(22)33-2)14-29-21-13-20(16-7-9-28-10-8-16)30-24-17-5-3-4-6-18(17)25(31)23(21)24/h3-13H,14H2,1-2H3,(H,29,30). The highest BCUT2D eigenvalue weighted by molar-refractivity contribution is 9.10. The molecule has 0 saturated carbocycles. The Morgan fingerprint density at radius 1 is 0.970 bits per heavy atom. The maximum absolute atomic E-state index is 13.3. The minimum absolute atomic E-state index is 0.0228. The van der Waals surface area contributed by atoms with Crippen LogP contribution < -0.4 is 14.8 Å². The molecule has 5 rings (SSSR count). The summed E-state index contributed by atoms with van der Waals surface area (Å²) in [5, 5.41) is 3.46. The van der Waals surface area contributed by atoms with Gasteiger partial charge in [-0.25, -0.2) is 4.98 Å². The molecule has 0 fully saturated rings. The van der Waals surface area contributed by atoms with Crippen LogP contribution in [0.2, 0.25) is 0 Å². The number of pyridine rings is 2. The van der Waals surface area contributed by atoms with Crippen LogP contribution in [0.25, 0.3) is 22.5 Å². The molecule has 0 radical (unpaired) electrons. The fourth-order valence-corrected chi connectivity index (χ4v) is 4.72. The van der Waals surface area contributed by atoms with E-state index < -0.39 is 0 Å². The number of carbonyl (C=O) groups excluding carboxylic acids is 1. The SMILES string of the molecule is COc1cc(CNc2cc(-c3ccncc3)nc3c2C(=O)c2ccccc2-3)cc(Br)c1OC. The van der Waals surface area contributed by atoms with Crippen LogP contribution >= 0.6 is 15.9 Å². The van der Waals surface area contributed by atoms with Crippen molar-refractivity contribution in [1.29, 1.82) is 0 Å². The van der Waals surface area contributed by atoms with Crippen molar-refractivity contribution in [3.63, 3.8) is 0 Å². The molecule has 1 aliphatic rings. The highest BCUT2D eigenvalue weighted by Gasteiger charge is 2.31. The zero-order valence-electron chi connectivity index (χ0n) is 18.1. The van der Waals surface area contributed by atoms with Crippen LogP contribution in [0, 0.1) is 0 Å². The van der Waals surface area contributed by atoms with E-state index in [0.717, 1.165) is 32.5 Å². The van der Waals surface area contributed by atoms with Gasteiger partial charge >= 0.3 is 0 Å². The van der Waals surface area contributed by atoms with Crippen molar-refractivity contribution in [2.24, 2.45) is 0 Å². The van der Waals surface area contributed by atoms with Crippen molar-refractivity contribution in [3.8, 4) is 34.0 Å². The van der Waals surface area contributed by atoms with E-state index in [1.165, 1.54) is 0 Å². The number of nitrogens with one attached hydrogen (secondary N) is 1. The predicted octanol–water partition coefficient (Wildman–Crippen LogP) is 5.75. The van der Waals surface area contributed by atoms with Gasteiger partial charge in [0, 0.05) is 41.3 Å². The Balaban J connectivity index is 1.58. The van der Waals surface area contributed by atoms with Gasteiger partial charge in [0.1, 0.15) is 0 Å². The summed E-state index contributed by atoms with van der Waals surface area (Å²) >= 11 is 3.54. The maximum Gasteiger partial charge on any atom is 0.197 e. The predicted molar refractivity (Wildman–Crippen MR) is 131 cm³/mol. The molecular formula is C26H20BrN3O3. The first-order chi connectivity index (χ1) is 16.1. The van der Waals surface area contributed by atoms with Gasteiger partial charge in [0.25, 0.3) is 0 Å². The Kier molecular flexibility index (Phi) is 5.56. The lowest BCUT2D eigenvalue weighted by Crippen LogP contribution is -2.07. The smallest absolute Gasteiger partial charge is 0.197 e. The topological polar surface area (TPSA) is 73.3 Å². The molecule has 0 aliphatic heterocycles. The van der Waals surface area contributed by atoms with Gasteiger partial charge in [0.05, 0.1) is 35.6 Å². The van der Waals surface area contributed by atoms with Crippen LogP contribution in [0.15, 0.2) is 71.5 Å². The van der Waals surface area contributed by atoms with Gasteiger partial charge in [-0.1, -0.05) is 24.3 Å². The van der Waals surface area contributed by atoms with Crippen molar-refractivity contribution < 1.29 is 14.3 Å². The Bertz CT molecular complexity index is 1370. The molecular weight excluding hydrogens is 482 g/mol. The Morgan fingerprint density at radius 2 is 1.73 bits per heavy atom. The number of benzene rings is 2. The van der Waals surface area contributed by atoms with E-state index in [1.54, 1.807) is 26.6 Å². The summed E-state index contributed by atoms with van der Waals surface area (Å²) in [6.07, 6.45) is 3.47. The molecule has 0 unspecified atom stereocenters. The third kappa shape index (κ3) is 3.74. The summed E-state index contributed by atoms with van der Waals surface area (Å²) in [4.78, 5) is 22.2. The molecule has 2 heterocycles. The van der Waals surface area contributed by atoms with Crippen LogP contribution in [-0.2, 0) is 6.54 Å². The van der Waals surface area contributed by atoms with E-state index >= 15 is 0 Å². The summed E-state index contributed by atoms with van der Waals surface area (Å²) in [6.45, 7) is 0.481. The van der Waals surface area contributed by atoms with Crippen molar-refractivity contribution in [2.45, 2.75) is 6.54 Å². The lowest BCUT2D eigenvalue weighted by molar-refractivity contribution is 0.104. The highest BCUT2D eigenvalue weighted by atomic mass is 79.9.